The molecule has 0 aromatic carbocycles. The van der Waals surface area contributed by atoms with Crippen molar-refractivity contribution in [3.8, 4) is 0 Å². The molecule has 0 aliphatic carbocycles. The van der Waals surface area contributed by atoms with Gasteiger partial charge in [0.1, 0.15) is 0 Å². The predicted molar refractivity (Wildman–Crippen MR) is 73.4 cm³/mol. The van der Waals surface area contributed by atoms with Crippen LogP contribution < -0.4 is 5.32 Å². The largest absolute Gasteiger partial charge is 0.394 e. The number of hydrogen-bond acceptors (Lipinski definition) is 3. The number of aliphatic hydroxyl groups excluding tert-OH is 1. The van der Waals surface area contributed by atoms with Crippen LogP contribution in [-0.4, -0.2) is 47.7 Å². The van der Waals surface area contributed by atoms with Crippen LogP contribution in [0, 0.1) is 5.92 Å². The summed E-state index contributed by atoms with van der Waals surface area (Å²) in [6.45, 7) is 8.43. The van der Waals surface area contributed by atoms with Gasteiger partial charge in [0.2, 0.25) is 5.91 Å². The summed E-state index contributed by atoms with van der Waals surface area (Å²) < 4.78 is 0. The van der Waals surface area contributed by atoms with Crippen LogP contribution in [-0.2, 0) is 4.79 Å². The first kappa shape index (κ1) is 15.4. The van der Waals surface area contributed by atoms with Gasteiger partial charge < -0.3 is 15.3 Å². The lowest BCUT2D eigenvalue weighted by Crippen LogP contribution is -2.51. The molecule has 1 aliphatic rings. The van der Waals surface area contributed by atoms with E-state index in [1.165, 1.54) is 6.42 Å². The number of carbonyl (C=O) groups excluding carboxylic acids is 1. The van der Waals surface area contributed by atoms with E-state index in [0.717, 1.165) is 32.4 Å². The van der Waals surface area contributed by atoms with E-state index in [-0.39, 0.29) is 18.1 Å². The van der Waals surface area contributed by atoms with Gasteiger partial charge in [0.15, 0.2) is 0 Å². The minimum atomic E-state index is -0.328. The fraction of sp³-hybridized carbons (Fsp3) is 0.929. The van der Waals surface area contributed by atoms with E-state index in [2.05, 4.69) is 19.2 Å². The molecule has 4 heteroatoms. The molecule has 4 nitrogen and oxygen atoms in total. The number of amides is 1. The third-order valence-electron chi connectivity index (χ3n) is 3.83. The van der Waals surface area contributed by atoms with Gasteiger partial charge in [-0.3, -0.25) is 4.79 Å². The molecule has 106 valence electrons. The molecule has 1 rings (SSSR count). The van der Waals surface area contributed by atoms with E-state index in [1.807, 2.05) is 11.8 Å². The molecule has 1 fully saturated rings. The molecule has 0 unspecified atom stereocenters. The first-order valence-corrected chi connectivity index (χ1v) is 7.14. The summed E-state index contributed by atoms with van der Waals surface area (Å²) in [4.78, 5) is 14.0. The summed E-state index contributed by atoms with van der Waals surface area (Å²) in [6.07, 6.45) is 4.21. The van der Waals surface area contributed by atoms with Gasteiger partial charge >= 0.3 is 0 Å². The number of likely N-dealkylation sites (tertiary alicyclic amines) is 1. The van der Waals surface area contributed by atoms with Gasteiger partial charge in [-0.15, -0.1) is 0 Å². The zero-order valence-corrected chi connectivity index (χ0v) is 12.0. The van der Waals surface area contributed by atoms with Crippen molar-refractivity contribution in [3.05, 3.63) is 0 Å². The van der Waals surface area contributed by atoms with Gasteiger partial charge in [-0.05, 0) is 32.1 Å². The highest BCUT2D eigenvalue weighted by atomic mass is 16.3. The molecule has 0 bridgehead atoms. The Labute approximate surface area is 111 Å². The molecule has 1 amide bonds. The molecule has 0 aromatic heterocycles. The Bertz CT molecular complexity index is 271. The van der Waals surface area contributed by atoms with Crippen molar-refractivity contribution >= 4 is 5.91 Å². The average Bonchev–Trinajstić information content (AvgIpc) is 2.36. The number of piperidine rings is 1. The minimum absolute atomic E-state index is 0.0739. The normalized spacial score (nSPS) is 23.8. The lowest BCUT2D eigenvalue weighted by atomic mass is 9.97. The summed E-state index contributed by atoms with van der Waals surface area (Å²) in [6, 6.07) is 0. The zero-order chi connectivity index (χ0) is 13.6. The Morgan fingerprint density at radius 1 is 1.56 bits per heavy atom. The highest BCUT2D eigenvalue weighted by Gasteiger charge is 2.25. The van der Waals surface area contributed by atoms with Gasteiger partial charge in [0.05, 0.1) is 13.2 Å². The molecule has 0 saturated carbocycles. The quantitative estimate of drug-likeness (QED) is 0.755. The van der Waals surface area contributed by atoms with Gasteiger partial charge in [-0.2, -0.15) is 0 Å². The summed E-state index contributed by atoms with van der Waals surface area (Å²) >= 11 is 0. The second-order valence-corrected chi connectivity index (χ2v) is 5.91. The van der Waals surface area contributed by atoms with E-state index in [0.29, 0.717) is 12.5 Å². The van der Waals surface area contributed by atoms with E-state index < -0.39 is 0 Å². The Hall–Kier alpha value is -0.610. The fourth-order valence-electron chi connectivity index (χ4n) is 2.59. The van der Waals surface area contributed by atoms with Crippen molar-refractivity contribution in [3.63, 3.8) is 0 Å². The molecule has 0 spiro atoms. The van der Waals surface area contributed by atoms with Crippen LogP contribution in [0.5, 0.6) is 0 Å². The average molecular weight is 256 g/mol. The molecule has 0 aromatic rings. The Morgan fingerprint density at radius 3 is 2.83 bits per heavy atom. The fourth-order valence-corrected chi connectivity index (χ4v) is 2.59. The molecule has 1 heterocycles. The molecule has 18 heavy (non-hydrogen) atoms. The van der Waals surface area contributed by atoms with Crippen LogP contribution in [0.1, 0.15) is 46.5 Å². The first-order chi connectivity index (χ1) is 8.50. The molecular formula is C14H28N2O2. The van der Waals surface area contributed by atoms with E-state index >= 15 is 0 Å². The topological polar surface area (TPSA) is 52.6 Å². The standard InChI is InChI=1S/C14H28N2O2/c1-4-7-14(3,11-17)15-9-13(18)16-8-5-6-12(2)10-16/h12,15,17H,4-11H2,1-3H3/t12-,14-/m1/s1. The van der Waals surface area contributed by atoms with Crippen molar-refractivity contribution in [1.82, 2.24) is 10.2 Å². The minimum Gasteiger partial charge on any atom is -0.394 e. The van der Waals surface area contributed by atoms with Crippen molar-refractivity contribution in [2.45, 2.75) is 52.0 Å². The number of nitrogens with one attached hydrogen (secondary N) is 1. The summed E-state index contributed by atoms with van der Waals surface area (Å²) in [5.41, 5.74) is -0.328. The number of aliphatic hydroxyl groups is 1. The third-order valence-corrected chi connectivity index (χ3v) is 3.83. The molecular weight excluding hydrogens is 228 g/mol. The lowest BCUT2D eigenvalue weighted by Gasteiger charge is -2.33. The summed E-state index contributed by atoms with van der Waals surface area (Å²) in [5, 5.41) is 12.6. The van der Waals surface area contributed by atoms with Crippen molar-refractivity contribution in [2.75, 3.05) is 26.2 Å². The lowest BCUT2D eigenvalue weighted by molar-refractivity contribution is -0.132. The highest BCUT2D eigenvalue weighted by molar-refractivity contribution is 5.78. The Kier molecular flexibility index (Phi) is 6.09. The van der Waals surface area contributed by atoms with Crippen LogP contribution in [0.15, 0.2) is 0 Å². The SMILES string of the molecule is CCC[C@](C)(CO)NCC(=O)N1CCC[C@@H](C)C1. The van der Waals surface area contributed by atoms with Crippen LogP contribution in [0.25, 0.3) is 0 Å². The number of rotatable bonds is 6. The second kappa shape index (κ2) is 7.10. The molecule has 1 saturated heterocycles. The van der Waals surface area contributed by atoms with Crippen molar-refractivity contribution < 1.29 is 9.90 Å². The van der Waals surface area contributed by atoms with Gasteiger partial charge in [-0.25, -0.2) is 0 Å². The maximum Gasteiger partial charge on any atom is 0.236 e. The molecule has 0 radical (unpaired) electrons. The summed E-state index contributed by atoms with van der Waals surface area (Å²) in [5.74, 6) is 0.778. The first-order valence-electron chi connectivity index (χ1n) is 7.14. The molecule has 2 N–H and O–H groups in total. The highest BCUT2D eigenvalue weighted by Crippen LogP contribution is 2.16. The molecule has 1 aliphatic heterocycles. The number of carbonyl (C=O) groups is 1. The van der Waals surface area contributed by atoms with Gasteiger partial charge in [0.25, 0.3) is 0 Å². The van der Waals surface area contributed by atoms with Crippen molar-refractivity contribution in [1.29, 1.82) is 0 Å². The second-order valence-electron chi connectivity index (χ2n) is 5.91. The summed E-state index contributed by atoms with van der Waals surface area (Å²) in [7, 11) is 0. The van der Waals surface area contributed by atoms with E-state index in [4.69, 9.17) is 0 Å². The van der Waals surface area contributed by atoms with Crippen LogP contribution in [0.2, 0.25) is 0 Å². The van der Waals surface area contributed by atoms with Gasteiger partial charge in [-0.1, -0.05) is 20.3 Å². The van der Waals surface area contributed by atoms with Crippen LogP contribution >= 0.6 is 0 Å². The number of hydrogen-bond donors (Lipinski definition) is 2. The monoisotopic (exact) mass is 256 g/mol. The maximum atomic E-state index is 12.1. The smallest absolute Gasteiger partial charge is 0.236 e. The van der Waals surface area contributed by atoms with Crippen LogP contribution in [0.4, 0.5) is 0 Å². The predicted octanol–water partition coefficient (Wildman–Crippen LogP) is 1.39. The van der Waals surface area contributed by atoms with Crippen LogP contribution in [0.3, 0.4) is 0 Å². The Balaban J connectivity index is 2.39. The van der Waals surface area contributed by atoms with Crippen molar-refractivity contribution in [2.24, 2.45) is 5.92 Å². The number of nitrogens with zero attached hydrogens (tertiary/aromatic N) is 1. The molecule has 2 atom stereocenters. The van der Waals surface area contributed by atoms with Gasteiger partial charge in [0, 0.05) is 18.6 Å². The van der Waals surface area contributed by atoms with E-state index in [9.17, 15) is 9.90 Å². The Morgan fingerprint density at radius 2 is 2.28 bits per heavy atom. The maximum absolute atomic E-state index is 12.1. The third kappa shape index (κ3) is 4.58. The zero-order valence-electron chi connectivity index (χ0n) is 12.0. The van der Waals surface area contributed by atoms with E-state index in [1.54, 1.807) is 0 Å².